The molecule has 0 fully saturated rings. The number of hydrogen-bond donors (Lipinski definition) is 1. The number of aliphatic carboxylic acids is 1. The molecule has 0 amide bonds. The molecule has 2 rings (SSSR count). The Bertz CT molecular complexity index is 625. The Morgan fingerprint density at radius 3 is 2.48 bits per heavy atom. The van der Waals surface area contributed by atoms with Crippen molar-refractivity contribution >= 4 is 33.5 Å². The Morgan fingerprint density at radius 2 is 1.90 bits per heavy atom. The molecular weight excluding hydrogens is 352 g/mol. The van der Waals surface area contributed by atoms with Gasteiger partial charge in [-0.3, -0.25) is 4.79 Å². The van der Waals surface area contributed by atoms with Gasteiger partial charge in [0.2, 0.25) is 0 Å². The molecule has 2 atom stereocenters. The van der Waals surface area contributed by atoms with Gasteiger partial charge in [-0.05, 0) is 47.7 Å². The van der Waals surface area contributed by atoms with E-state index in [0.717, 1.165) is 15.6 Å². The summed E-state index contributed by atoms with van der Waals surface area (Å²) in [6.45, 7) is 1.95. The molecule has 0 aromatic heterocycles. The van der Waals surface area contributed by atoms with E-state index in [0.29, 0.717) is 11.4 Å². The smallest absolute Gasteiger partial charge is 0.307 e. The molecule has 0 heterocycles. The van der Waals surface area contributed by atoms with Crippen molar-refractivity contribution < 1.29 is 9.90 Å². The van der Waals surface area contributed by atoms with Crippen molar-refractivity contribution in [3.63, 3.8) is 0 Å². The minimum Gasteiger partial charge on any atom is -0.481 e. The summed E-state index contributed by atoms with van der Waals surface area (Å²) in [5.74, 6) is -1.34. The lowest BCUT2D eigenvalue weighted by Gasteiger charge is -2.21. The normalized spacial score (nSPS) is 13.7. The molecule has 0 saturated heterocycles. The SMILES string of the molecule is CC(c1ccc(Br)cc1)C(Cc1cccc(Cl)c1)C(=O)O. The minimum absolute atomic E-state index is 0.0745. The van der Waals surface area contributed by atoms with Crippen LogP contribution in [0.25, 0.3) is 0 Å². The first-order chi connectivity index (χ1) is 9.97. The summed E-state index contributed by atoms with van der Waals surface area (Å²) in [5, 5.41) is 10.2. The fourth-order valence-electron chi connectivity index (χ4n) is 2.39. The van der Waals surface area contributed by atoms with Gasteiger partial charge in [-0.1, -0.05) is 58.7 Å². The van der Waals surface area contributed by atoms with Crippen LogP contribution in [0, 0.1) is 5.92 Å². The van der Waals surface area contributed by atoms with E-state index in [1.54, 1.807) is 6.07 Å². The Kier molecular flexibility index (Phi) is 5.43. The van der Waals surface area contributed by atoms with E-state index >= 15 is 0 Å². The topological polar surface area (TPSA) is 37.3 Å². The highest BCUT2D eigenvalue weighted by Crippen LogP contribution is 2.29. The van der Waals surface area contributed by atoms with E-state index in [4.69, 9.17) is 11.6 Å². The van der Waals surface area contributed by atoms with E-state index in [2.05, 4.69) is 15.9 Å². The van der Waals surface area contributed by atoms with Gasteiger partial charge in [0, 0.05) is 9.50 Å². The molecule has 2 unspecified atom stereocenters. The van der Waals surface area contributed by atoms with Gasteiger partial charge >= 0.3 is 5.97 Å². The van der Waals surface area contributed by atoms with Crippen LogP contribution in [0.4, 0.5) is 0 Å². The van der Waals surface area contributed by atoms with Crippen LogP contribution in [0.15, 0.2) is 53.0 Å². The molecule has 2 aromatic carbocycles. The summed E-state index contributed by atoms with van der Waals surface area (Å²) in [5.41, 5.74) is 1.96. The van der Waals surface area contributed by atoms with Crippen LogP contribution in [-0.4, -0.2) is 11.1 Å². The molecule has 0 saturated carbocycles. The standard InChI is InChI=1S/C17H16BrClO2/c1-11(13-5-7-14(18)8-6-13)16(17(20)21)10-12-3-2-4-15(19)9-12/h2-9,11,16H,10H2,1H3,(H,20,21). The molecule has 0 aliphatic rings. The van der Waals surface area contributed by atoms with Crippen molar-refractivity contribution in [1.29, 1.82) is 0 Å². The van der Waals surface area contributed by atoms with Crippen LogP contribution in [0.5, 0.6) is 0 Å². The monoisotopic (exact) mass is 366 g/mol. The molecule has 0 spiro atoms. The summed E-state index contributed by atoms with van der Waals surface area (Å²) in [6.07, 6.45) is 0.465. The van der Waals surface area contributed by atoms with E-state index in [9.17, 15) is 9.90 Å². The van der Waals surface area contributed by atoms with E-state index in [1.165, 1.54) is 0 Å². The van der Waals surface area contributed by atoms with Crippen molar-refractivity contribution in [2.45, 2.75) is 19.3 Å². The number of benzene rings is 2. The van der Waals surface area contributed by atoms with Gasteiger partial charge in [0.1, 0.15) is 0 Å². The Balaban J connectivity index is 2.22. The molecule has 0 radical (unpaired) electrons. The first kappa shape index (κ1) is 16.1. The van der Waals surface area contributed by atoms with Crippen LogP contribution in [0.1, 0.15) is 24.0 Å². The lowest BCUT2D eigenvalue weighted by Crippen LogP contribution is -2.22. The van der Waals surface area contributed by atoms with Crippen LogP contribution in [0.2, 0.25) is 5.02 Å². The summed E-state index contributed by atoms with van der Waals surface area (Å²) < 4.78 is 0.986. The third kappa shape index (κ3) is 4.32. The molecule has 2 aromatic rings. The zero-order valence-electron chi connectivity index (χ0n) is 11.6. The Hall–Kier alpha value is -1.32. The number of carbonyl (C=O) groups is 1. The summed E-state index contributed by atoms with van der Waals surface area (Å²) in [6, 6.07) is 15.2. The predicted octanol–water partition coefficient (Wildman–Crippen LogP) is 5.15. The van der Waals surface area contributed by atoms with Gasteiger partial charge in [-0.15, -0.1) is 0 Å². The molecule has 0 bridgehead atoms. The van der Waals surface area contributed by atoms with E-state index < -0.39 is 11.9 Å². The average Bonchev–Trinajstić information content (AvgIpc) is 2.44. The lowest BCUT2D eigenvalue weighted by atomic mass is 9.83. The molecule has 1 N–H and O–H groups in total. The molecule has 0 aliphatic carbocycles. The quantitative estimate of drug-likeness (QED) is 0.793. The van der Waals surface area contributed by atoms with E-state index in [-0.39, 0.29) is 5.92 Å². The van der Waals surface area contributed by atoms with Crippen LogP contribution in [-0.2, 0) is 11.2 Å². The van der Waals surface area contributed by atoms with Crippen LogP contribution >= 0.6 is 27.5 Å². The number of carboxylic acids is 1. The van der Waals surface area contributed by atoms with Crippen LogP contribution in [0.3, 0.4) is 0 Å². The first-order valence-electron chi connectivity index (χ1n) is 6.70. The third-order valence-corrected chi connectivity index (χ3v) is 4.42. The fourth-order valence-corrected chi connectivity index (χ4v) is 2.87. The van der Waals surface area contributed by atoms with Gasteiger partial charge in [0.25, 0.3) is 0 Å². The van der Waals surface area contributed by atoms with Crippen molar-refractivity contribution in [2.24, 2.45) is 5.92 Å². The summed E-state index contributed by atoms with van der Waals surface area (Å²) in [4.78, 5) is 11.6. The molecule has 21 heavy (non-hydrogen) atoms. The molecule has 4 heteroatoms. The van der Waals surface area contributed by atoms with Gasteiger partial charge in [-0.2, -0.15) is 0 Å². The molecule has 2 nitrogen and oxygen atoms in total. The zero-order chi connectivity index (χ0) is 15.4. The van der Waals surface area contributed by atoms with Gasteiger partial charge in [0.05, 0.1) is 5.92 Å². The van der Waals surface area contributed by atoms with Gasteiger partial charge < -0.3 is 5.11 Å². The average molecular weight is 368 g/mol. The lowest BCUT2D eigenvalue weighted by molar-refractivity contribution is -0.142. The minimum atomic E-state index is -0.787. The van der Waals surface area contributed by atoms with Crippen LogP contribution < -0.4 is 0 Å². The Morgan fingerprint density at radius 1 is 1.24 bits per heavy atom. The van der Waals surface area contributed by atoms with E-state index in [1.807, 2.05) is 49.4 Å². The largest absolute Gasteiger partial charge is 0.481 e. The first-order valence-corrected chi connectivity index (χ1v) is 7.87. The second-order valence-corrected chi connectivity index (χ2v) is 6.47. The highest BCUT2D eigenvalue weighted by atomic mass is 79.9. The highest BCUT2D eigenvalue weighted by Gasteiger charge is 2.26. The van der Waals surface area contributed by atoms with Crippen molar-refractivity contribution in [1.82, 2.24) is 0 Å². The van der Waals surface area contributed by atoms with Crippen molar-refractivity contribution in [3.05, 3.63) is 69.2 Å². The predicted molar refractivity (Wildman–Crippen MR) is 88.8 cm³/mol. The maximum absolute atomic E-state index is 11.6. The van der Waals surface area contributed by atoms with Crippen molar-refractivity contribution in [3.8, 4) is 0 Å². The second-order valence-electron chi connectivity index (χ2n) is 5.12. The molecule has 0 aliphatic heterocycles. The Labute approximate surface area is 137 Å². The number of rotatable bonds is 5. The number of halogens is 2. The molecule has 110 valence electrons. The maximum Gasteiger partial charge on any atom is 0.307 e. The maximum atomic E-state index is 11.6. The second kappa shape index (κ2) is 7.10. The summed E-state index contributed by atoms with van der Waals surface area (Å²) in [7, 11) is 0. The fraction of sp³-hybridized carbons (Fsp3) is 0.235. The summed E-state index contributed by atoms with van der Waals surface area (Å²) >= 11 is 9.36. The van der Waals surface area contributed by atoms with Crippen molar-refractivity contribution in [2.75, 3.05) is 0 Å². The number of carboxylic acid groups (broad SMARTS) is 1. The van der Waals surface area contributed by atoms with Gasteiger partial charge in [0.15, 0.2) is 0 Å². The number of hydrogen-bond acceptors (Lipinski definition) is 1. The third-order valence-electron chi connectivity index (χ3n) is 3.66. The molecular formula is C17H16BrClO2. The van der Waals surface area contributed by atoms with Gasteiger partial charge in [-0.25, -0.2) is 0 Å². The highest BCUT2D eigenvalue weighted by molar-refractivity contribution is 9.10. The zero-order valence-corrected chi connectivity index (χ0v) is 13.9.